The minimum Gasteiger partial charge on any atom is -0.496 e. The van der Waals surface area contributed by atoms with Crippen LogP contribution in [0, 0.1) is 0 Å². The number of nitrogens with one attached hydrogen (secondary N) is 1. The van der Waals surface area contributed by atoms with Crippen LogP contribution in [0.5, 0.6) is 11.5 Å². The summed E-state index contributed by atoms with van der Waals surface area (Å²) in [5, 5.41) is 3.60. The molecule has 0 radical (unpaired) electrons. The molecule has 1 N–H and O–H groups in total. The maximum atomic E-state index is 5.53. The van der Waals surface area contributed by atoms with Crippen molar-refractivity contribution in [3.05, 3.63) is 23.8 Å². The summed E-state index contributed by atoms with van der Waals surface area (Å²) in [4.78, 5) is 0. The van der Waals surface area contributed by atoms with Crippen LogP contribution in [0.2, 0.25) is 0 Å². The maximum absolute atomic E-state index is 5.53. The highest BCUT2D eigenvalue weighted by atomic mass is 16.5. The Morgan fingerprint density at radius 1 is 1.05 bits per heavy atom. The second-order valence-electron chi connectivity index (χ2n) is 5.21. The fourth-order valence-electron chi connectivity index (χ4n) is 2.41. The van der Waals surface area contributed by atoms with Gasteiger partial charge in [0.25, 0.3) is 0 Å². The lowest BCUT2D eigenvalue weighted by molar-refractivity contribution is 0.106. The molecule has 2 atom stereocenters. The summed E-state index contributed by atoms with van der Waals surface area (Å²) in [6.45, 7) is 5.23. The average molecular weight is 295 g/mol. The Bertz CT molecular complexity index is 387. The first-order valence-corrected chi connectivity index (χ1v) is 7.64. The number of methoxy groups -OCH3 is 3. The number of hydrogen-bond donors (Lipinski definition) is 1. The summed E-state index contributed by atoms with van der Waals surface area (Å²) >= 11 is 0. The Kier molecular flexibility index (Phi) is 8.16. The fourth-order valence-corrected chi connectivity index (χ4v) is 2.41. The average Bonchev–Trinajstić information content (AvgIpc) is 2.54. The molecule has 21 heavy (non-hydrogen) atoms. The number of ether oxygens (including phenoxy) is 3. The van der Waals surface area contributed by atoms with Crippen LogP contribution in [0.1, 0.15) is 44.7 Å². The Labute approximate surface area is 128 Å². The van der Waals surface area contributed by atoms with Gasteiger partial charge in [-0.05, 0) is 44.9 Å². The van der Waals surface area contributed by atoms with Crippen LogP contribution >= 0.6 is 0 Å². The van der Waals surface area contributed by atoms with Gasteiger partial charge in [0.2, 0.25) is 0 Å². The van der Waals surface area contributed by atoms with E-state index in [0.717, 1.165) is 42.9 Å². The van der Waals surface area contributed by atoms with Gasteiger partial charge in [-0.15, -0.1) is 0 Å². The predicted molar refractivity (Wildman–Crippen MR) is 86.3 cm³/mol. The molecule has 0 spiro atoms. The van der Waals surface area contributed by atoms with E-state index in [2.05, 4.69) is 19.2 Å². The van der Waals surface area contributed by atoms with Crippen molar-refractivity contribution < 1.29 is 14.2 Å². The monoisotopic (exact) mass is 295 g/mol. The summed E-state index contributed by atoms with van der Waals surface area (Å²) in [7, 11) is 5.16. The molecule has 120 valence electrons. The van der Waals surface area contributed by atoms with E-state index in [1.165, 1.54) is 0 Å². The first kappa shape index (κ1) is 17.8. The number of hydrogen-bond acceptors (Lipinski definition) is 4. The van der Waals surface area contributed by atoms with Gasteiger partial charge in [0.1, 0.15) is 11.5 Å². The van der Waals surface area contributed by atoms with Crippen molar-refractivity contribution in [1.29, 1.82) is 0 Å². The van der Waals surface area contributed by atoms with E-state index in [1.807, 2.05) is 18.2 Å². The molecule has 0 fully saturated rings. The molecule has 0 amide bonds. The minimum atomic E-state index is 0.202. The van der Waals surface area contributed by atoms with Gasteiger partial charge in [-0.1, -0.05) is 13.0 Å². The van der Waals surface area contributed by atoms with Gasteiger partial charge in [0, 0.05) is 13.2 Å². The van der Waals surface area contributed by atoms with E-state index in [0.29, 0.717) is 0 Å². The molecule has 4 nitrogen and oxygen atoms in total. The van der Waals surface area contributed by atoms with E-state index in [1.54, 1.807) is 21.3 Å². The van der Waals surface area contributed by atoms with Gasteiger partial charge < -0.3 is 19.5 Å². The lowest BCUT2D eigenvalue weighted by atomic mass is 9.98. The third-order valence-corrected chi connectivity index (χ3v) is 3.72. The largest absolute Gasteiger partial charge is 0.496 e. The van der Waals surface area contributed by atoms with Crippen molar-refractivity contribution in [2.75, 3.05) is 27.9 Å². The summed E-state index contributed by atoms with van der Waals surface area (Å²) in [6.07, 6.45) is 3.30. The first-order chi connectivity index (χ1) is 10.2. The van der Waals surface area contributed by atoms with E-state index in [-0.39, 0.29) is 12.1 Å². The molecule has 0 heterocycles. The Balaban J connectivity index is 3.00. The highest BCUT2D eigenvalue weighted by molar-refractivity contribution is 5.47. The molecular weight excluding hydrogens is 266 g/mol. The third kappa shape index (κ3) is 5.21. The predicted octanol–water partition coefficient (Wildman–Crippen LogP) is 3.56. The smallest absolute Gasteiger partial charge is 0.127 e. The second kappa shape index (κ2) is 9.64. The molecule has 0 aliphatic heterocycles. The van der Waals surface area contributed by atoms with Gasteiger partial charge in [-0.25, -0.2) is 0 Å². The van der Waals surface area contributed by atoms with Crippen LogP contribution < -0.4 is 14.8 Å². The molecule has 0 bridgehead atoms. The maximum Gasteiger partial charge on any atom is 0.127 e. The normalized spacial score (nSPS) is 13.8. The summed E-state index contributed by atoms with van der Waals surface area (Å²) in [5.74, 6) is 1.74. The van der Waals surface area contributed by atoms with Gasteiger partial charge in [0.05, 0.1) is 25.9 Å². The fraction of sp³-hybridized carbons (Fsp3) is 0.647. The van der Waals surface area contributed by atoms with Crippen LogP contribution in [-0.4, -0.2) is 34.0 Å². The van der Waals surface area contributed by atoms with Crippen LogP contribution in [0.3, 0.4) is 0 Å². The molecule has 0 saturated heterocycles. The van der Waals surface area contributed by atoms with Crippen molar-refractivity contribution in [3.63, 3.8) is 0 Å². The molecule has 2 unspecified atom stereocenters. The van der Waals surface area contributed by atoms with E-state index < -0.39 is 0 Å². The number of rotatable bonds is 10. The van der Waals surface area contributed by atoms with Crippen molar-refractivity contribution in [2.24, 2.45) is 0 Å². The Hall–Kier alpha value is -1.26. The SMILES string of the molecule is CCCNC(CCC(C)OC)c1c(OC)cccc1OC. The third-order valence-electron chi connectivity index (χ3n) is 3.72. The molecular formula is C17H29NO3. The van der Waals surface area contributed by atoms with Crippen LogP contribution in [0.25, 0.3) is 0 Å². The van der Waals surface area contributed by atoms with Crippen LogP contribution in [0.4, 0.5) is 0 Å². The molecule has 4 heteroatoms. The molecule has 1 aromatic rings. The first-order valence-electron chi connectivity index (χ1n) is 7.64. The highest BCUT2D eigenvalue weighted by Crippen LogP contribution is 2.36. The lowest BCUT2D eigenvalue weighted by Crippen LogP contribution is -2.24. The summed E-state index contributed by atoms with van der Waals surface area (Å²) < 4.78 is 16.4. The van der Waals surface area contributed by atoms with Crippen molar-refractivity contribution in [2.45, 2.75) is 45.3 Å². The topological polar surface area (TPSA) is 39.7 Å². The highest BCUT2D eigenvalue weighted by Gasteiger charge is 2.21. The van der Waals surface area contributed by atoms with E-state index in [9.17, 15) is 0 Å². The minimum absolute atomic E-state index is 0.202. The van der Waals surface area contributed by atoms with E-state index >= 15 is 0 Å². The molecule has 1 aromatic carbocycles. The Morgan fingerprint density at radius 2 is 1.67 bits per heavy atom. The number of benzene rings is 1. The zero-order valence-corrected chi connectivity index (χ0v) is 13.9. The lowest BCUT2D eigenvalue weighted by Gasteiger charge is -2.24. The second-order valence-corrected chi connectivity index (χ2v) is 5.21. The summed E-state index contributed by atoms with van der Waals surface area (Å²) in [5.41, 5.74) is 1.10. The molecule has 1 rings (SSSR count). The van der Waals surface area contributed by atoms with Crippen LogP contribution in [-0.2, 0) is 4.74 Å². The van der Waals surface area contributed by atoms with Crippen molar-refractivity contribution in [1.82, 2.24) is 5.32 Å². The van der Waals surface area contributed by atoms with Crippen LogP contribution in [0.15, 0.2) is 18.2 Å². The van der Waals surface area contributed by atoms with Gasteiger partial charge in [0.15, 0.2) is 0 Å². The zero-order chi connectivity index (χ0) is 15.7. The van der Waals surface area contributed by atoms with Crippen molar-refractivity contribution >= 4 is 0 Å². The quantitative estimate of drug-likeness (QED) is 0.716. The molecule has 0 aliphatic carbocycles. The molecule has 0 aliphatic rings. The zero-order valence-electron chi connectivity index (χ0n) is 13.9. The Morgan fingerprint density at radius 3 is 2.14 bits per heavy atom. The molecule has 0 aromatic heterocycles. The summed E-state index contributed by atoms with van der Waals surface area (Å²) in [6, 6.07) is 6.13. The molecule has 0 saturated carbocycles. The van der Waals surface area contributed by atoms with Gasteiger partial charge >= 0.3 is 0 Å². The van der Waals surface area contributed by atoms with Gasteiger partial charge in [-0.2, -0.15) is 0 Å². The van der Waals surface area contributed by atoms with Gasteiger partial charge in [-0.3, -0.25) is 0 Å². The standard InChI is InChI=1S/C17H29NO3/c1-6-12-18-14(11-10-13(2)19-3)17-15(20-4)8-7-9-16(17)21-5/h7-9,13-14,18H,6,10-12H2,1-5H3. The van der Waals surface area contributed by atoms with E-state index in [4.69, 9.17) is 14.2 Å². The van der Waals surface area contributed by atoms with Crippen molar-refractivity contribution in [3.8, 4) is 11.5 Å².